The summed E-state index contributed by atoms with van der Waals surface area (Å²) in [5.74, 6) is 1.86. The minimum absolute atomic E-state index is 0.510. The molecule has 0 aliphatic rings. The van der Waals surface area contributed by atoms with Crippen molar-refractivity contribution in [3.8, 4) is 17.0 Å². The van der Waals surface area contributed by atoms with Crippen LogP contribution in [0.2, 0.25) is 5.02 Å². The van der Waals surface area contributed by atoms with Gasteiger partial charge in [0.2, 0.25) is 0 Å². The maximum atomic E-state index is 6.03. The van der Waals surface area contributed by atoms with Gasteiger partial charge in [-0.3, -0.25) is 0 Å². The number of hydrogen-bond donors (Lipinski definition) is 1. The van der Waals surface area contributed by atoms with Gasteiger partial charge in [-0.2, -0.15) is 0 Å². The number of rotatable bonds is 3. The van der Waals surface area contributed by atoms with Gasteiger partial charge in [0.15, 0.2) is 0 Å². The number of ether oxygens (including phenoxy) is 1. The van der Waals surface area contributed by atoms with Crippen molar-refractivity contribution in [1.29, 1.82) is 0 Å². The highest BCUT2D eigenvalue weighted by Gasteiger charge is 2.12. The van der Waals surface area contributed by atoms with Crippen molar-refractivity contribution in [3.63, 3.8) is 0 Å². The Labute approximate surface area is 117 Å². The number of nitrogens with zero attached hydrogens (tertiary/aromatic N) is 2. The summed E-state index contributed by atoms with van der Waals surface area (Å²) in [6, 6.07) is 5.55. The molecule has 2 N–H and O–H groups in total. The molecule has 4 nitrogen and oxygen atoms in total. The van der Waals surface area contributed by atoms with E-state index in [1.165, 1.54) is 0 Å². The highest BCUT2D eigenvalue weighted by atomic mass is 35.5. The van der Waals surface area contributed by atoms with Crippen molar-refractivity contribution in [3.05, 3.63) is 34.6 Å². The van der Waals surface area contributed by atoms with Crippen LogP contribution in [0.15, 0.2) is 18.2 Å². The number of hydrogen-bond acceptors (Lipinski definition) is 4. The summed E-state index contributed by atoms with van der Waals surface area (Å²) in [6.45, 7) is 3.90. The molecular formula is C14H16ClN3O. The Kier molecular flexibility index (Phi) is 3.90. The molecule has 2 rings (SSSR count). The van der Waals surface area contributed by atoms with Crippen molar-refractivity contribution >= 4 is 17.4 Å². The lowest BCUT2D eigenvalue weighted by molar-refractivity contribution is 0.415. The molecule has 0 saturated heterocycles. The number of methoxy groups -OCH3 is 1. The molecule has 0 radical (unpaired) electrons. The first-order valence-corrected chi connectivity index (χ1v) is 6.41. The number of halogens is 1. The molecule has 100 valence electrons. The van der Waals surface area contributed by atoms with Crippen LogP contribution >= 0.6 is 11.6 Å². The molecule has 1 aromatic carbocycles. The second-order valence-corrected chi connectivity index (χ2v) is 4.61. The highest BCUT2D eigenvalue weighted by molar-refractivity contribution is 6.32. The van der Waals surface area contributed by atoms with Crippen LogP contribution < -0.4 is 10.5 Å². The van der Waals surface area contributed by atoms with E-state index in [4.69, 9.17) is 22.1 Å². The summed E-state index contributed by atoms with van der Waals surface area (Å²) in [7, 11) is 1.59. The molecule has 19 heavy (non-hydrogen) atoms. The quantitative estimate of drug-likeness (QED) is 0.935. The first-order valence-electron chi connectivity index (χ1n) is 6.03. The topological polar surface area (TPSA) is 61.0 Å². The number of anilines is 1. The maximum Gasteiger partial charge on any atom is 0.138 e. The van der Waals surface area contributed by atoms with Crippen molar-refractivity contribution in [2.45, 2.75) is 20.3 Å². The third kappa shape index (κ3) is 2.63. The molecule has 0 aliphatic carbocycles. The minimum Gasteiger partial charge on any atom is -0.495 e. The van der Waals surface area contributed by atoms with Gasteiger partial charge in [0.05, 0.1) is 17.8 Å². The fourth-order valence-electron chi connectivity index (χ4n) is 1.83. The fourth-order valence-corrected chi connectivity index (χ4v) is 2.02. The Bertz CT molecular complexity index is 614. The Morgan fingerprint density at radius 3 is 2.68 bits per heavy atom. The lowest BCUT2D eigenvalue weighted by Crippen LogP contribution is -2.04. The summed E-state index contributed by atoms with van der Waals surface area (Å²) in [4.78, 5) is 8.78. The highest BCUT2D eigenvalue weighted by Crippen LogP contribution is 2.32. The van der Waals surface area contributed by atoms with Crippen LogP contribution in [-0.4, -0.2) is 17.1 Å². The number of aromatic nitrogens is 2. The Balaban J connectivity index is 2.61. The second-order valence-electron chi connectivity index (χ2n) is 4.20. The van der Waals surface area contributed by atoms with Crippen molar-refractivity contribution in [2.24, 2.45) is 0 Å². The van der Waals surface area contributed by atoms with Crippen LogP contribution in [0.5, 0.6) is 5.75 Å². The van der Waals surface area contributed by atoms with E-state index in [0.717, 1.165) is 29.1 Å². The normalized spacial score (nSPS) is 10.5. The Hall–Kier alpha value is -1.81. The SMILES string of the molecule is CCc1nc(N)c(C)c(-c2ccc(Cl)c(OC)c2)n1. The summed E-state index contributed by atoms with van der Waals surface area (Å²) in [5.41, 5.74) is 8.53. The van der Waals surface area contributed by atoms with E-state index in [1.807, 2.05) is 26.0 Å². The first-order chi connectivity index (χ1) is 9.06. The van der Waals surface area contributed by atoms with Gasteiger partial charge in [0.25, 0.3) is 0 Å². The Morgan fingerprint density at radius 1 is 1.32 bits per heavy atom. The largest absolute Gasteiger partial charge is 0.495 e. The molecule has 0 saturated carbocycles. The first kappa shape index (κ1) is 13.6. The molecule has 0 amide bonds. The van der Waals surface area contributed by atoms with Gasteiger partial charge in [0, 0.05) is 17.5 Å². The zero-order valence-corrected chi connectivity index (χ0v) is 12.0. The van der Waals surface area contributed by atoms with Gasteiger partial charge in [0.1, 0.15) is 17.4 Å². The van der Waals surface area contributed by atoms with Gasteiger partial charge in [-0.1, -0.05) is 24.6 Å². The van der Waals surface area contributed by atoms with Crippen molar-refractivity contribution in [2.75, 3.05) is 12.8 Å². The van der Waals surface area contributed by atoms with Crippen LogP contribution in [0.4, 0.5) is 5.82 Å². The van der Waals surface area contributed by atoms with Gasteiger partial charge >= 0.3 is 0 Å². The van der Waals surface area contributed by atoms with Crippen LogP contribution in [0.1, 0.15) is 18.3 Å². The smallest absolute Gasteiger partial charge is 0.138 e. The van der Waals surface area contributed by atoms with E-state index < -0.39 is 0 Å². The molecule has 1 aromatic heterocycles. The molecular weight excluding hydrogens is 262 g/mol. The molecule has 0 atom stereocenters. The number of benzene rings is 1. The summed E-state index contributed by atoms with van der Waals surface area (Å²) in [5, 5.41) is 0.571. The number of nitrogens with two attached hydrogens (primary N) is 1. The average Bonchev–Trinajstić information content (AvgIpc) is 2.42. The van der Waals surface area contributed by atoms with Crippen LogP contribution in [0.3, 0.4) is 0 Å². The number of nitrogen functional groups attached to an aromatic ring is 1. The predicted octanol–water partition coefficient (Wildman–Crippen LogP) is 3.26. The average molecular weight is 278 g/mol. The van der Waals surface area contributed by atoms with Crippen LogP contribution in [-0.2, 0) is 6.42 Å². The maximum absolute atomic E-state index is 6.03. The molecule has 1 heterocycles. The van der Waals surface area contributed by atoms with Crippen molar-refractivity contribution in [1.82, 2.24) is 9.97 Å². The molecule has 0 unspecified atom stereocenters. The zero-order chi connectivity index (χ0) is 14.0. The minimum atomic E-state index is 0.510. The molecule has 0 fully saturated rings. The summed E-state index contributed by atoms with van der Waals surface area (Å²) >= 11 is 6.03. The van der Waals surface area contributed by atoms with E-state index in [0.29, 0.717) is 16.6 Å². The molecule has 0 bridgehead atoms. The van der Waals surface area contributed by atoms with E-state index in [-0.39, 0.29) is 0 Å². The lowest BCUT2D eigenvalue weighted by Gasteiger charge is -2.11. The summed E-state index contributed by atoms with van der Waals surface area (Å²) in [6.07, 6.45) is 0.738. The Morgan fingerprint density at radius 2 is 2.05 bits per heavy atom. The standard InChI is InChI=1S/C14H16ClN3O/c1-4-12-17-13(8(2)14(16)18-12)9-5-6-10(15)11(7-9)19-3/h5-7H,4H2,1-3H3,(H2,16,17,18). The van der Waals surface area contributed by atoms with Crippen molar-refractivity contribution < 1.29 is 4.74 Å². The van der Waals surface area contributed by atoms with Gasteiger partial charge in [-0.25, -0.2) is 9.97 Å². The molecule has 0 aliphatic heterocycles. The van der Waals surface area contributed by atoms with Crippen LogP contribution in [0, 0.1) is 6.92 Å². The fraction of sp³-hybridized carbons (Fsp3) is 0.286. The predicted molar refractivity (Wildman–Crippen MR) is 77.6 cm³/mol. The molecule has 2 aromatic rings. The van der Waals surface area contributed by atoms with Gasteiger partial charge in [-0.15, -0.1) is 0 Å². The van der Waals surface area contributed by atoms with E-state index >= 15 is 0 Å². The monoisotopic (exact) mass is 277 g/mol. The third-order valence-electron chi connectivity index (χ3n) is 2.97. The van der Waals surface area contributed by atoms with E-state index in [9.17, 15) is 0 Å². The number of aryl methyl sites for hydroxylation is 1. The lowest BCUT2D eigenvalue weighted by atomic mass is 10.1. The third-order valence-corrected chi connectivity index (χ3v) is 3.28. The van der Waals surface area contributed by atoms with E-state index in [1.54, 1.807) is 13.2 Å². The zero-order valence-electron chi connectivity index (χ0n) is 11.2. The van der Waals surface area contributed by atoms with E-state index in [2.05, 4.69) is 9.97 Å². The summed E-state index contributed by atoms with van der Waals surface area (Å²) < 4.78 is 5.23. The second kappa shape index (κ2) is 5.45. The molecule has 5 heteroatoms. The van der Waals surface area contributed by atoms with Crippen LogP contribution in [0.25, 0.3) is 11.3 Å². The van der Waals surface area contributed by atoms with Gasteiger partial charge < -0.3 is 10.5 Å². The molecule has 0 spiro atoms. The van der Waals surface area contributed by atoms with Gasteiger partial charge in [-0.05, 0) is 19.1 Å².